The van der Waals surface area contributed by atoms with Crippen molar-refractivity contribution < 1.29 is 9.53 Å². The molecule has 5 heteroatoms. The van der Waals surface area contributed by atoms with Crippen LogP contribution in [0.1, 0.15) is 30.6 Å². The number of amides is 1. The molecule has 1 aliphatic rings. The quantitative estimate of drug-likeness (QED) is 0.917. The maximum Gasteiger partial charge on any atom is 0.224 e. The number of methoxy groups -OCH3 is 1. The van der Waals surface area contributed by atoms with Gasteiger partial charge in [0, 0.05) is 37.9 Å². The van der Waals surface area contributed by atoms with Gasteiger partial charge in [0.05, 0.1) is 18.8 Å². The molecule has 0 spiro atoms. The van der Waals surface area contributed by atoms with Crippen molar-refractivity contribution in [3.05, 3.63) is 47.8 Å². The fraction of sp³-hybridized carbons (Fsp3) is 0.421. The number of rotatable bonds is 5. The fourth-order valence-corrected chi connectivity index (χ4v) is 3.33. The van der Waals surface area contributed by atoms with Gasteiger partial charge in [0.25, 0.3) is 0 Å². The van der Waals surface area contributed by atoms with Crippen molar-refractivity contribution in [3.63, 3.8) is 0 Å². The van der Waals surface area contributed by atoms with Gasteiger partial charge in [0.2, 0.25) is 5.91 Å². The van der Waals surface area contributed by atoms with E-state index >= 15 is 0 Å². The minimum absolute atomic E-state index is 0.134. The van der Waals surface area contributed by atoms with E-state index in [1.165, 1.54) is 5.69 Å². The highest BCUT2D eigenvalue weighted by molar-refractivity contribution is 5.77. The summed E-state index contributed by atoms with van der Waals surface area (Å²) in [5.41, 5.74) is 3.31. The minimum atomic E-state index is 0.134. The molecule has 1 aromatic carbocycles. The molecule has 128 valence electrons. The number of aryl methyl sites for hydroxylation is 1. The third-order valence-electron chi connectivity index (χ3n) is 4.67. The number of nitrogens with one attached hydrogen (secondary N) is 1. The van der Waals surface area contributed by atoms with Crippen molar-refractivity contribution in [1.82, 2.24) is 9.47 Å². The lowest BCUT2D eigenvalue weighted by molar-refractivity contribution is -0.134. The topological polar surface area (TPSA) is 46.5 Å². The van der Waals surface area contributed by atoms with E-state index in [0.717, 1.165) is 30.1 Å². The summed E-state index contributed by atoms with van der Waals surface area (Å²) >= 11 is 0. The number of hydrogen-bond donors (Lipinski definition) is 1. The third-order valence-corrected chi connectivity index (χ3v) is 4.67. The average molecular weight is 327 g/mol. The summed E-state index contributed by atoms with van der Waals surface area (Å²) in [7, 11) is 1.66. The second kappa shape index (κ2) is 6.99. The van der Waals surface area contributed by atoms with Crippen LogP contribution in [-0.4, -0.2) is 35.6 Å². The Morgan fingerprint density at radius 2 is 2.17 bits per heavy atom. The van der Waals surface area contributed by atoms with E-state index < -0.39 is 0 Å². The molecule has 1 aliphatic heterocycles. The average Bonchev–Trinajstić information content (AvgIpc) is 3.05. The molecule has 0 unspecified atom stereocenters. The summed E-state index contributed by atoms with van der Waals surface area (Å²) in [5.74, 6) is 0.992. The molecule has 1 aromatic heterocycles. The van der Waals surface area contributed by atoms with Crippen molar-refractivity contribution in [2.24, 2.45) is 0 Å². The molecule has 1 amide bonds. The minimum Gasteiger partial charge on any atom is -0.495 e. The molecule has 24 heavy (non-hydrogen) atoms. The van der Waals surface area contributed by atoms with E-state index in [4.69, 9.17) is 4.74 Å². The van der Waals surface area contributed by atoms with Crippen LogP contribution in [0.2, 0.25) is 0 Å². The van der Waals surface area contributed by atoms with Crippen LogP contribution >= 0.6 is 0 Å². The number of hydrogen-bond acceptors (Lipinski definition) is 3. The molecule has 0 aliphatic carbocycles. The Kier molecular flexibility index (Phi) is 4.79. The monoisotopic (exact) mass is 327 g/mol. The van der Waals surface area contributed by atoms with Gasteiger partial charge in [-0.15, -0.1) is 0 Å². The van der Waals surface area contributed by atoms with E-state index in [9.17, 15) is 4.79 Å². The van der Waals surface area contributed by atoms with Gasteiger partial charge in [-0.2, -0.15) is 0 Å². The SMILES string of the molecule is COc1ccc(C)cc1NCCC(=O)N1CCn2cccc2[C@@H]1C. The molecule has 5 nitrogen and oxygen atoms in total. The van der Waals surface area contributed by atoms with Crippen molar-refractivity contribution >= 4 is 11.6 Å². The Bertz CT molecular complexity index is 723. The van der Waals surface area contributed by atoms with Gasteiger partial charge in [-0.05, 0) is 43.7 Å². The smallest absolute Gasteiger partial charge is 0.224 e. The maximum absolute atomic E-state index is 12.6. The number of anilines is 1. The van der Waals surface area contributed by atoms with Crippen LogP contribution in [0.4, 0.5) is 5.69 Å². The number of carbonyl (C=O) groups excluding carboxylic acids is 1. The van der Waals surface area contributed by atoms with Crippen molar-refractivity contribution in [1.29, 1.82) is 0 Å². The predicted octanol–water partition coefficient (Wildman–Crippen LogP) is 3.21. The molecule has 1 atom stereocenters. The van der Waals surface area contributed by atoms with Gasteiger partial charge >= 0.3 is 0 Å². The van der Waals surface area contributed by atoms with Crippen molar-refractivity contribution in [2.45, 2.75) is 32.9 Å². The number of ether oxygens (including phenoxy) is 1. The largest absolute Gasteiger partial charge is 0.495 e. The van der Waals surface area contributed by atoms with E-state index in [1.807, 2.05) is 36.1 Å². The number of aromatic nitrogens is 1. The van der Waals surface area contributed by atoms with Crippen molar-refractivity contribution in [3.8, 4) is 5.75 Å². The third kappa shape index (κ3) is 3.25. The van der Waals surface area contributed by atoms with E-state index in [2.05, 4.69) is 29.1 Å². The van der Waals surface area contributed by atoms with Crippen LogP contribution < -0.4 is 10.1 Å². The highest BCUT2D eigenvalue weighted by Gasteiger charge is 2.26. The second-order valence-corrected chi connectivity index (χ2v) is 6.27. The van der Waals surface area contributed by atoms with Gasteiger partial charge < -0.3 is 19.5 Å². The maximum atomic E-state index is 12.6. The molecular weight excluding hydrogens is 302 g/mol. The Labute approximate surface area is 143 Å². The summed E-state index contributed by atoms with van der Waals surface area (Å²) in [6.07, 6.45) is 2.56. The number of nitrogens with zero attached hydrogens (tertiary/aromatic N) is 2. The molecule has 1 N–H and O–H groups in total. The summed E-state index contributed by atoms with van der Waals surface area (Å²) in [6.45, 7) is 6.38. The Balaban J connectivity index is 1.58. The molecule has 0 fully saturated rings. The molecular formula is C19H25N3O2. The Morgan fingerprint density at radius 1 is 1.33 bits per heavy atom. The van der Waals surface area contributed by atoms with Gasteiger partial charge in [-0.25, -0.2) is 0 Å². The van der Waals surface area contributed by atoms with Crippen molar-refractivity contribution in [2.75, 3.05) is 25.5 Å². The lowest BCUT2D eigenvalue weighted by Crippen LogP contribution is -2.41. The normalized spacial score (nSPS) is 16.6. The highest BCUT2D eigenvalue weighted by atomic mass is 16.5. The molecule has 2 heterocycles. The van der Waals surface area contributed by atoms with E-state index in [0.29, 0.717) is 13.0 Å². The summed E-state index contributed by atoms with van der Waals surface area (Å²) in [4.78, 5) is 14.6. The van der Waals surface area contributed by atoms with Crippen LogP contribution in [0, 0.1) is 6.92 Å². The highest BCUT2D eigenvalue weighted by Crippen LogP contribution is 2.27. The van der Waals surface area contributed by atoms with Gasteiger partial charge in [-0.3, -0.25) is 4.79 Å². The first-order valence-corrected chi connectivity index (χ1v) is 8.43. The molecule has 0 saturated heterocycles. The Hall–Kier alpha value is -2.43. The number of fused-ring (bicyclic) bond motifs is 1. The summed E-state index contributed by atoms with van der Waals surface area (Å²) < 4.78 is 7.59. The zero-order valence-corrected chi connectivity index (χ0v) is 14.6. The zero-order chi connectivity index (χ0) is 17.1. The number of carbonyl (C=O) groups is 1. The van der Waals surface area contributed by atoms with Crippen LogP contribution in [0.15, 0.2) is 36.5 Å². The zero-order valence-electron chi connectivity index (χ0n) is 14.6. The van der Waals surface area contributed by atoms with Gasteiger partial charge in [-0.1, -0.05) is 6.07 Å². The first-order chi connectivity index (χ1) is 11.6. The lowest BCUT2D eigenvalue weighted by Gasteiger charge is -2.35. The first kappa shape index (κ1) is 16.4. The summed E-state index contributed by atoms with van der Waals surface area (Å²) in [6, 6.07) is 10.3. The standard InChI is InChI=1S/C19H25N3O2/c1-14-6-7-18(24-3)16(13-14)20-9-8-19(23)22-12-11-21-10-4-5-17(21)15(22)2/h4-7,10,13,15,20H,8-9,11-12H2,1-3H3/t15-/m0/s1. The van der Waals surface area contributed by atoms with Gasteiger partial charge in [0.1, 0.15) is 5.75 Å². The lowest BCUT2D eigenvalue weighted by atomic mass is 10.1. The second-order valence-electron chi connectivity index (χ2n) is 6.27. The Morgan fingerprint density at radius 3 is 2.96 bits per heavy atom. The van der Waals surface area contributed by atoms with Gasteiger partial charge in [0.15, 0.2) is 0 Å². The molecule has 3 rings (SSSR count). The van der Waals surface area contributed by atoms with Crippen LogP contribution in [-0.2, 0) is 11.3 Å². The fourth-order valence-electron chi connectivity index (χ4n) is 3.33. The molecule has 0 radical (unpaired) electrons. The van der Waals surface area contributed by atoms with E-state index in [-0.39, 0.29) is 11.9 Å². The predicted molar refractivity (Wildman–Crippen MR) is 95.4 cm³/mol. The number of benzene rings is 1. The molecule has 2 aromatic rings. The summed E-state index contributed by atoms with van der Waals surface area (Å²) in [5, 5.41) is 3.33. The molecule has 0 bridgehead atoms. The van der Waals surface area contributed by atoms with Crippen LogP contribution in [0.5, 0.6) is 5.75 Å². The first-order valence-electron chi connectivity index (χ1n) is 8.43. The van der Waals surface area contributed by atoms with Crippen LogP contribution in [0.3, 0.4) is 0 Å². The van der Waals surface area contributed by atoms with E-state index in [1.54, 1.807) is 7.11 Å². The van der Waals surface area contributed by atoms with Crippen LogP contribution in [0.25, 0.3) is 0 Å². The molecule has 0 saturated carbocycles.